The fourth-order valence-corrected chi connectivity index (χ4v) is 3.44. The zero-order valence-electron chi connectivity index (χ0n) is 10.4. The van der Waals surface area contributed by atoms with Crippen molar-refractivity contribution in [2.45, 2.75) is 42.2 Å². The van der Waals surface area contributed by atoms with Crippen molar-refractivity contribution < 1.29 is 0 Å². The lowest BCUT2D eigenvalue weighted by molar-refractivity contribution is 0.401. The number of hydrogen-bond donors (Lipinski definition) is 1. The Balaban J connectivity index is 1.67. The van der Waals surface area contributed by atoms with Gasteiger partial charge >= 0.3 is 0 Å². The summed E-state index contributed by atoms with van der Waals surface area (Å²) in [5.41, 5.74) is -0.290. The molecule has 2 saturated carbocycles. The molecule has 2 nitrogen and oxygen atoms in total. The molecule has 1 N–H and O–H groups in total. The third-order valence-electron chi connectivity index (χ3n) is 3.72. The first-order chi connectivity index (χ1) is 8.82. The summed E-state index contributed by atoms with van der Waals surface area (Å²) in [5.74, 6) is 1.44. The van der Waals surface area contributed by atoms with Crippen LogP contribution in [-0.2, 0) is 0 Å². The van der Waals surface area contributed by atoms with E-state index in [4.69, 9.17) is 0 Å². The third-order valence-corrected chi connectivity index (χ3v) is 4.93. The van der Waals surface area contributed by atoms with Gasteiger partial charge in [0.1, 0.15) is 5.54 Å². The average Bonchev–Trinajstić information content (AvgIpc) is 3.28. The minimum absolute atomic E-state index is 0.290. The quantitative estimate of drug-likeness (QED) is 0.796. The Morgan fingerprint density at radius 2 is 1.94 bits per heavy atom. The molecule has 2 fully saturated rings. The molecule has 1 aromatic carbocycles. The Labute approximate surface area is 113 Å². The van der Waals surface area contributed by atoms with E-state index in [-0.39, 0.29) is 5.54 Å². The van der Waals surface area contributed by atoms with E-state index in [0.717, 1.165) is 5.75 Å². The van der Waals surface area contributed by atoms with Crippen LogP contribution in [0.15, 0.2) is 35.2 Å². The van der Waals surface area contributed by atoms with Crippen molar-refractivity contribution in [1.82, 2.24) is 5.32 Å². The van der Waals surface area contributed by atoms with Crippen molar-refractivity contribution in [3.05, 3.63) is 30.3 Å². The van der Waals surface area contributed by atoms with Crippen molar-refractivity contribution in [2.75, 3.05) is 5.75 Å². The lowest BCUT2D eigenvalue weighted by Crippen LogP contribution is -2.49. The minimum atomic E-state index is -0.290. The maximum atomic E-state index is 9.62. The highest BCUT2D eigenvalue weighted by atomic mass is 32.2. The summed E-state index contributed by atoms with van der Waals surface area (Å²) in [5, 5.41) is 13.2. The van der Waals surface area contributed by atoms with Gasteiger partial charge in [-0.1, -0.05) is 18.2 Å². The molecule has 1 unspecified atom stereocenters. The molecule has 2 aliphatic rings. The number of nitrogens with one attached hydrogen (secondary N) is 1. The van der Waals surface area contributed by atoms with Gasteiger partial charge in [-0.25, -0.2) is 0 Å². The van der Waals surface area contributed by atoms with Crippen LogP contribution in [-0.4, -0.2) is 17.3 Å². The molecule has 1 atom stereocenters. The Morgan fingerprint density at radius 3 is 2.50 bits per heavy atom. The van der Waals surface area contributed by atoms with Crippen LogP contribution in [0.25, 0.3) is 0 Å². The van der Waals surface area contributed by atoms with Crippen LogP contribution in [0.2, 0.25) is 0 Å². The van der Waals surface area contributed by atoms with Gasteiger partial charge in [0.05, 0.1) is 6.07 Å². The molecule has 0 radical (unpaired) electrons. The summed E-state index contributed by atoms with van der Waals surface area (Å²) < 4.78 is 0. The second-order valence-electron chi connectivity index (χ2n) is 5.38. The molecule has 1 aromatic rings. The third kappa shape index (κ3) is 2.71. The van der Waals surface area contributed by atoms with Gasteiger partial charge in [-0.3, -0.25) is 5.32 Å². The van der Waals surface area contributed by atoms with Crippen molar-refractivity contribution >= 4 is 11.8 Å². The first-order valence-corrected chi connectivity index (χ1v) is 7.68. The summed E-state index contributed by atoms with van der Waals surface area (Å²) in [4.78, 5) is 1.26. The smallest absolute Gasteiger partial charge is 0.119 e. The SMILES string of the molecule is N#CC(CSc1ccccc1)(NC1CC1)C1CC1. The topological polar surface area (TPSA) is 35.8 Å². The first kappa shape index (κ1) is 12.1. The van der Waals surface area contributed by atoms with Gasteiger partial charge in [-0.2, -0.15) is 5.26 Å². The number of thioether (sulfide) groups is 1. The summed E-state index contributed by atoms with van der Waals surface area (Å²) in [7, 11) is 0. The molecule has 94 valence electrons. The van der Waals surface area contributed by atoms with Crippen LogP contribution in [0.1, 0.15) is 25.7 Å². The second kappa shape index (κ2) is 4.95. The zero-order valence-corrected chi connectivity index (χ0v) is 11.2. The van der Waals surface area contributed by atoms with E-state index in [1.807, 2.05) is 6.07 Å². The van der Waals surface area contributed by atoms with E-state index in [0.29, 0.717) is 12.0 Å². The maximum Gasteiger partial charge on any atom is 0.119 e. The van der Waals surface area contributed by atoms with Gasteiger partial charge in [0.2, 0.25) is 0 Å². The number of hydrogen-bond acceptors (Lipinski definition) is 3. The molecule has 0 amide bonds. The normalized spacial score (nSPS) is 22.2. The summed E-state index contributed by atoms with van der Waals surface area (Å²) in [6.45, 7) is 0. The molecule has 0 heterocycles. The van der Waals surface area contributed by atoms with Gasteiger partial charge in [-0.05, 0) is 43.7 Å². The molecule has 0 saturated heterocycles. The molecule has 18 heavy (non-hydrogen) atoms. The molecule has 0 bridgehead atoms. The average molecular weight is 258 g/mol. The fourth-order valence-electron chi connectivity index (χ4n) is 2.32. The Kier molecular flexibility index (Phi) is 3.32. The zero-order chi connectivity index (χ0) is 12.4. The van der Waals surface area contributed by atoms with Gasteiger partial charge in [0, 0.05) is 16.7 Å². The summed E-state index contributed by atoms with van der Waals surface area (Å²) in [6.07, 6.45) is 4.91. The maximum absolute atomic E-state index is 9.62. The highest BCUT2D eigenvalue weighted by Crippen LogP contribution is 2.43. The van der Waals surface area contributed by atoms with Gasteiger partial charge in [0.25, 0.3) is 0 Å². The molecule has 3 heteroatoms. The van der Waals surface area contributed by atoms with Crippen LogP contribution in [0, 0.1) is 17.2 Å². The van der Waals surface area contributed by atoms with E-state index in [2.05, 4.69) is 35.7 Å². The van der Waals surface area contributed by atoms with Crippen LogP contribution >= 0.6 is 11.8 Å². The van der Waals surface area contributed by atoms with E-state index in [1.165, 1.54) is 30.6 Å². The molecular weight excluding hydrogens is 240 g/mol. The van der Waals surface area contributed by atoms with E-state index >= 15 is 0 Å². The van der Waals surface area contributed by atoms with Crippen LogP contribution in [0.3, 0.4) is 0 Å². The highest BCUT2D eigenvalue weighted by molar-refractivity contribution is 7.99. The standard InChI is InChI=1S/C15H18N2S/c16-10-15(12-6-7-12,17-13-8-9-13)11-18-14-4-2-1-3-5-14/h1-5,12-13,17H,6-9,11H2. The van der Waals surface area contributed by atoms with E-state index < -0.39 is 0 Å². The molecule has 3 rings (SSSR count). The Bertz CT molecular complexity index is 445. The van der Waals surface area contributed by atoms with Crippen molar-refractivity contribution in [3.8, 4) is 6.07 Å². The highest BCUT2D eigenvalue weighted by Gasteiger charge is 2.48. The van der Waals surface area contributed by atoms with Crippen LogP contribution in [0.4, 0.5) is 0 Å². The molecule has 0 aliphatic heterocycles. The predicted molar refractivity (Wildman–Crippen MR) is 74.4 cm³/mol. The largest absolute Gasteiger partial charge is 0.296 e. The van der Waals surface area contributed by atoms with E-state index in [1.54, 1.807) is 11.8 Å². The van der Waals surface area contributed by atoms with Gasteiger partial charge in [-0.15, -0.1) is 11.8 Å². The molecule has 0 spiro atoms. The van der Waals surface area contributed by atoms with Gasteiger partial charge in [0.15, 0.2) is 0 Å². The number of rotatable bonds is 6. The predicted octanol–water partition coefficient (Wildman–Crippen LogP) is 3.20. The van der Waals surface area contributed by atoms with Crippen LogP contribution in [0.5, 0.6) is 0 Å². The second-order valence-corrected chi connectivity index (χ2v) is 6.43. The number of nitrogens with zero attached hydrogens (tertiary/aromatic N) is 1. The Morgan fingerprint density at radius 1 is 1.22 bits per heavy atom. The molecular formula is C15H18N2S. The fraction of sp³-hybridized carbons (Fsp3) is 0.533. The lowest BCUT2D eigenvalue weighted by Gasteiger charge is -2.27. The van der Waals surface area contributed by atoms with Crippen molar-refractivity contribution in [2.24, 2.45) is 5.92 Å². The molecule has 0 aromatic heterocycles. The molecule has 2 aliphatic carbocycles. The monoisotopic (exact) mass is 258 g/mol. The minimum Gasteiger partial charge on any atom is -0.296 e. The van der Waals surface area contributed by atoms with Crippen molar-refractivity contribution in [3.63, 3.8) is 0 Å². The lowest BCUT2D eigenvalue weighted by atomic mass is 9.97. The number of benzene rings is 1. The summed E-state index contributed by atoms with van der Waals surface area (Å²) in [6, 6.07) is 13.6. The summed E-state index contributed by atoms with van der Waals surface area (Å²) >= 11 is 1.81. The number of nitriles is 1. The first-order valence-electron chi connectivity index (χ1n) is 6.69. The van der Waals surface area contributed by atoms with Gasteiger partial charge < -0.3 is 0 Å². The van der Waals surface area contributed by atoms with Crippen molar-refractivity contribution in [1.29, 1.82) is 5.26 Å². The van der Waals surface area contributed by atoms with E-state index in [9.17, 15) is 5.26 Å². The van der Waals surface area contributed by atoms with Crippen LogP contribution < -0.4 is 5.32 Å². The Hall–Kier alpha value is -0.980.